The molecule has 1 fully saturated rings. The zero-order valence-corrected chi connectivity index (χ0v) is 11.7. The molecule has 2 aromatic rings. The van der Waals surface area contributed by atoms with Crippen molar-refractivity contribution in [3.63, 3.8) is 0 Å². The summed E-state index contributed by atoms with van der Waals surface area (Å²) in [4.78, 5) is 0. The molecule has 0 bridgehead atoms. The molecule has 0 radical (unpaired) electrons. The second-order valence-electron chi connectivity index (χ2n) is 5.39. The van der Waals surface area contributed by atoms with Crippen LogP contribution in [-0.4, -0.2) is 19.7 Å². The Bertz CT molecular complexity index is 466. The molecular weight excluding hydrogens is 246 g/mol. The van der Waals surface area contributed by atoms with Crippen LogP contribution in [0.4, 0.5) is 0 Å². The van der Waals surface area contributed by atoms with Crippen molar-refractivity contribution in [1.29, 1.82) is 0 Å². The van der Waals surface area contributed by atoms with Gasteiger partial charge in [0, 0.05) is 6.54 Å². The van der Waals surface area contributed by atoms with Gasteiger partial charge in [-0.2, -0.15) is 0 Å². The molecule has 1 unspecified atom stereocenters. The summed E-state index contributed by atoms with van der Waals surface area (Å²) >= 11 is 0. The Balaban J connectivity index is 1.76. The summed E-state index contributed by atoms with van der Waals surface area (Å²) in [6, 6.07) is 21.0. The number of rotatable bonds is 5. The molecule has 1 aliphatic heterocycles. The Labute approximate surface area is 120 Å². The average molecular weight is 267 g/mol. The molecule has 104 valence electrons. The minimum atomic E-state index is 0.0398. The number of ether oxygens (including phenoxy) is 1. The van der Waals surface area contributed by atoms with Crippen LogP contribution in [-0.2, 0) is 4.74 Å². The largest absolute Gasteiger partial charge is 0.368 e. The lowest BCUT2D eigenvalue weighted by Gasteiger charge is -2.21. The molecule has 0 spiro atoms. The fourth-order valence-electron chi connectivity index (χ4n) is 2.73. The van der Waals surface area contributed by atoms with Gasteiger partial charge in [-0.05, 0) is 30.0 Å². The summed E-state index contributed by atoms with van der Waals surface area (Å²) in [5.74, 6) is 0.643. The van der Waals surface area contributed by atoms with E-state index in [1.165, 1.54) is 17.5 Å². The fraction of sp³-hybridized carbons (Fsp3) is 0.333. The molecule has 2 nitrogen and oxygen atoms in total. The quantitative estimate of drug-likeness (QED) is 0.896. The van der Waals surface area contributed by atoms with Gasteiger partial charge in [-0.15, -0.1) is 0 Å². The van der Waals surface area contributed by atoms with Crippen molar-refractivity contribution >= 4 is 0 Å². The Morgan fingerprint density at radius 3 is 2.05 bits per heavy atom. The average Bonchev–Trinajstić information content (AvgIpc) is 3.03. The molecule has 0 saturated carbocycles. The van der Waals surface area contributed by atoms with Gasteiger partial charge in [0.2, 0.25) is 0 Å². The van der Waals surface area contributed by atoms with E-state index in [-0.39, 0.29) is 6.10 Å². The molecule has 0 amide bonds. The minimum Gasteiger partial charge on any atom is -0.368 e. The molecule has 3 rings (SSSR count). The predicted octanol–water partition coefficient (Wildman–Crippen LogP) is 3.40. The van der Waals surface area contributed by atoms with Gasteiger partial charge >= 0.3 is 0 Å². The third-order valence-electron chi connectivity index (χ3n) is 3.87. The zero-order chi connectivity index (χ0) is 13.6. The lowest BCUT2D eigenvalue weighted by Crippen LogP contribution is -2.16. The summed E-state index contributed by atoms with van der Waals surface area (Å²) in [7, 11) is 0. The normalized spacial score (nSPS) is 18.6. The molecule has 2 aromatic carbocycles. The highest BCUT2D eigenvalue weighted by Gasteiger charge is 2.19. The summed E-state index contributed by atoms with van der Waals surface area (Å²) < 4.78 is 6.26. The predicted molar refractivity (Wildman–Crippen MR) is 81.7 cm³/mol. The Morgan fingerprint density at radius 1 is 0.950 bits per heavy atom. The molecule has 1 aliphatic rings. The number of hydrogen-bond acceptors (Lipinski definition) is 2. The molecule has 1 heterocycles. The van der Waals surface area contributed by atoms with Crippen LogP contribution in [0.3, 0.4) is 0 Å². The summed E-state index contributed by atoms with van der Waals surface area (Å²) in [6.45, 7) is 3.02. The topological polar surface area (TPSA) is 21.3 Å². The van der Waals surface area contributed by atoms with Gasteiger partial charge < -0.3 is 10.1 Å². The van der Waals surface area contributed by atoms with Crippen molar-refractivity contribution in [3.8, 4) is 0 Å². The van der Waals surface area contributed by atoms with Crippen molar-refractivity contribution in [2.45, 2.75) is 12.5 Å². The van der Waals surface area contributed by atoms with Gasteiger partial charge in [-0.1, -0.05) is 60.7 Å². The van der Waals surface area contributed by atoms with E-state index in [0.29, 0.717) is 5.92 Å². The molecule has 1 atom stereocenters. The first-order valence-electron chi connectivity index (χ1n) is 7.35. The third-order valence-corrected chi connectivity index (χ3v) is 3.87. The van der Waals surface area contributed by atoms with E-state index in [2.05, 4.69) is 53.8 Å². The van der Waals surface area contributed by atoms with E-state index < -0.39 is 0 Å². The monoisotopic (exact) mass is 267 g/mol. The second kappa shape index (κ2) is 6.69. The fourth-order valence-corrected chi connectivity index (χ4v) is 2.73. The van der Waals surface area contributed by atoms with E-state index in [4.69, 9.17) is 4.74 Å². The van der Waals surface area contributed by atoms with Gasteiger partial charge in [0.15, 0.2) is 0 Å². The summed E-state index contributed by atoms with van der Waals surface area (Å²) in [5.41, 5.74) is 2.45. The zero-order valence-electron chi connectivity index (χ0n) is 11.7. The van der Waals surface area contributed by atoms with Crippen molar-refractivity contribution in [2.75, 3.05) is 19.7 Å². The van der Waals surface area contributed by atoms with Crippen molar-refractivity contribution in [2.24, 2.45) is 5.92 Å². The highest BCUT2D eigenvalue weighted by atomic mass is 16.5. The maximum Gasteiger partial charge on any atom is 0.108 e. The lowest BCUT2D eigenvalue weighted by molar-refractivity contribution is 0.0564. The molecule has 1 N–H and O–H groups in total. The Morgan fingerprint density at radius 2 is 1.55 bits per heavy atom. The molecule has 0 aliphatic carbocycles. The Kier molecular flexibility index (Phi) is 4.46. The molecule has 2 heteroatoms. The lowest BCUT2D eigenvalue weighted by atomic mass is 10.0. The smallest absolute Gasteiger partial charge is 0.108 e. The van der Waals surface area contributed by atoms with Crippen LogP contribution in [0.2, 0.25) is 0 Å². The molecule has 1 saturated heterocycles. The van der Waals surface area contributed by atoms with E-state index in [1.807, 2.05) is 12.1 Å². The summed E-state index contributed by atoms with van der Waals surface area (Å²) in [5, 5.41) is 3.40. The first-order valence-corrected chi connectivity index (χ1v) is 7.35. The summed E-state index contributed by atoms with van der Waals surface area (Å²) in [6.07, 6.45) is 1.26. The molecular formula is C18H21NO. The van der Waals surface area contributed by atoms with E-state index in [9.17, 15) is 0 Å². The SMILES string of the molecule is c1ccc(C(OCC2CCNC2)c2ccccc2)cc1. The van der Waals surface area contributed by atoms with Crippen molar-refractivity contribution < 1.29 is 4.74 Å². The molecule has 0 aromatic heterocycles. The highest BCUT2D eigenvalue weighted by Crippen LogP contribution is 2.27. The standard InChI is InChI=1S/C18H21NO/c1-3-7-16(8-4-1)18(17-9-5-2-6-10-17)20-14-15-11-12-19-13-15/h1-10,15,18-19H,11-14H2. The first-order chi connectivity index (χ1) is 9.93. The van der Waals surface area contributed by atoms with Crippen LogP contribution in [0.5, 0.6) is 0 Å². The van der Waals surface area contributed by atoms with Gasteiger partial charge in [-0.3, -0.25) is 0 Å². The van der Waals surface area contributed by atoms with Crippen molar-refractivity contribution in [1.82, 2.24) is 5.32 Å². The maximum atomic E-state index is 6.26. The first kappa shape index (κ1) is 13.3. The van der Waals surface area contributed by atoms with Gasteiger partial charge in [-0.25, -0.2) is 0 Å². The van der Waals surface area contributed by atoms with Crippen LogP contribution in [0.25, 0.3) is 0 Å². The molecule has 20 heavy (non-hydrogen) atoms. The third kappa shape index (κ3) is 3.27. The van der Waals surface area contributed by atoms with Crippen LogP contribution >= 0.6 is 0 Å². The van der Waals surface area contributed by atoms with Gasteiger partial charge in [0.05, 0.1) is 6.61 Å². The highest BCUT2D eigenvalue weighted by molar-refractivity contribution is 5.29. The minimum absolute atomic E-state index is 0.0398. The van der Waals surface area contributed by atoms with Gasteiger partial charge in [0.1, 0.15) is 6.10 Å². The Hall–Kier alpha value is -1.64. The van der Waals surface area contributed by atoms with Gasteiger partial charge in [0.25, 0.3) is 0 Å². The van der Waals surface area contributed by atoms with E-state index >= 15 is 0 Å². The van der Waals surface area contributed by atoms with E-state index in [0.717, 1.165) is 19.7 Å². The van der Waals surface area contributed by atoms with Crippen LogP contribution in [0.1, 0.15) is 23.7 Å². The number of hydrogen-bond donors (Lipinski definition) is 1. The number of benzene rings is 2. The van der Waals surface area contributed by atoms with Crippen molar-refractivity contribution in [3.05, 3.63) is 71.8 Å². The van der Waals surface area contributed by atoms with Crippen LogP contribution in [0.15, 0.2) is 60.7 Å². The van der Waals surface area contributed by atoms with Crippen LogP contribution in [0, 0.1) is 5.92 Å². The van der Waals surface area contributed by atoms with Crippen LogP contribution < -0.4 is 5.32 Å². The maximum absolute atomic E-state index is 6.26. The second-order valence-corrected chi connectivity index (χ2v) is 5.39. The number of nitrogens with one attached hydrogen (secondary N) is 1. The van der Waals surface area contributed by atoms with E-state index in [1.54, 1.807) is 0 Å².